The highest BCUT2D eigenvalue weighted by molar-refractivity contribution is 5.56. The third kappa shape index (κ3) is 2.29. The molecule has 3 heteroatoms. The molecule has 0 aliphatic carbocycles. The molecule has 0 spiro atoms. The van der Waals surface area contributed by atoms with Crippen molar-refractivity contribution in [3.05, 3.63) is 0 Å². The van der Waals surface area contributed by atoms with Gasteiger partial charge in [0.05, 0.1) is 0 Å². The molecule has 1 aliphatic rings. The molecule has 1 unspecified atom stereocenters. The summed E-state index contributed by atoms with van der Waals surface area (Å²) in [5.74, 6) is 0.434. The molecule has 1 saturated heterocycles. The van der Waals surface area contributed by atoms with Crippen molar-refractivity contribution in [2.45, 2.75) is 18.9 Å². The van der Waals surface area contributed by atoms with Crippen LogP contribution in [0.3, 0.4) is 0 Å². The van der Waals surface area contributed by atoms with Gasteiger partial charge in [0, 0.05) is 7.11 Å². The lowest BCUT2D eigenvalue weighted by Gasteiger charge is -2.31. The number of hydrogen-bond acceptors (Lipinski definition) is 3. The van der Waals surface area contributed by atoms with Crippen molar-refractivity contribution >= 4 is 6.29 Å². The van der Waals surface area contributed by atoms with Gasteiger partial charge in [-0.3, -0.25) is 0 Å². The van der Waals surface area contributed by atoms with Crippen molar-refractivity contribution < 1.29 is 9.53 Å². The zero-order chi connectivity index (χ0) is 8.97. The Morgan fingerprint density at radius 2 is 2.08 bits per heavy atom. The Morgan fingerprint density at radius 3 is 2.50 bits per heavy atom. The van der Waals surface area contributed by atoms with Gasteiger partial charge in [-0.15, -0.1) is 0 Å². The predicted molar refractivity (Wildman–Crippen MR) is 47.1 cm³/mol. The Labute approximate surface area is 73.7 Å². The van der Waals surface area contributed by atoms with Crippen LogP contribution in [-0.4, -0.2) is 44.5 Å². The maximum absolute atomic E-state index is 10.6. The third-order valence-corrected chi connectivity index (χ3v) is 2.63. The van der Waals surface area contributed by atoms with Crippen molar-refractivity contribution in [1.29, 1.82) is 0 Å². The summed E-state index contributed by atoms with van der Waals surface area (Å²) in [7, 11) is 3.72. The normalized spacial score (nSPS) is 23.8. The van der Waals surface area contributed by atoms with Gasteiger partial charge in [0.15, 0.2) is 0 Å². The van der Waals surface area contributed by atoms with Crippen LogP contribution < -0.4 is 0 Å². The number of hydrogen-bond donors (Lipinski definition) is 0. The zero-order valence-corrected chi connectivity index (χ0v) is 7.82. The molecular formula is C9H17NO2. The number of likely N-dealkylation sites (tertiary alicyclic amines) is 1. The summed E-state index contributed by atoms with van der Waals surface area (Å²) in [6.07, 6.45) is 2.90. The first-order valence-electron chi connectivity index (χ1n) is 4.44. The van der Waals surface area contributed by atoms with Gasteiger partial charge in [-0.25, -0.2) is 0 Å². The largest absolute Gasteiger partial charge is 0.374 e. The van der Waals surface area contributed by atoms with Crippen molar-refractivity contribution in [3.8, 4) is 0 Å². The first kappa shape index (κ1) is 9.68. The average Bonchev–Trinajstić information content (AvgIpc) is 2.10. The summed E-state index contributed by atoms with van der Waals surface area (Å²) in [6, 6.07) is 0. The lowest BCUT2D eigenvalue weighted by atomic mass is 9.92. The van der Waals surface area contributed by atoms with Gasteiger partial charge in [0.1, 0.15) is 12.4 Å². The van der Waals surface area contributed by atoms with E-state index in [2.05, 4.69) is 11.9 Å². The zero-order valence-electron chi connectivity index (χ0n) is 7.82. The molecule has 0 amide bonds. The minimum atomic E-state index is -0.182. The molecule has 1 atom stereocenters. The SMILES string of the molecule is COC(C=O)C1CCN(C)CC1. The second-order valence-corrected chi connectivity index (χ2v) is 3.48. The minimum Gasteiger partial charge on any atom is -0.374 e. The molecule has 1 aliphatic heterocycles. The smallest absolute Gasteiger partial charge is 0.149 e. The Morgan fingerprint density at radius 1 is 1.50 bits per heavy atom. The topological polar surface area (TPSA) is 29.5 Å². The van der Waals surface area contributed by atoms with Crippen molar-refractivity contribution in [3.63, 3.8) is 0 Å². The molecular weight excluding hydrogens is 154 g/mol. The molecule has 1 rings (SSSR count). The van der Waals surface area contributed by atoms with Gasteiger partial charge < -0.3 is 14.4 Å². The molecule has 3 nitrogen and oxygen atoms in total. The Bertz CT molecular complexity index is 141. The van der Waals surface area contributed by atoms with Gasteiger partial charge in [-0.1, -0.05) is 0 Å². The van der Waals surface area contributed by atoms with Gasteiger partial charge in [0.2, 0.25) is 0 Å². The fourth-order valence-electron chi connectivity index (χ4n) is 1.72. The number of nitrogens with zero attached hydrogens (tertiary/aromatic N) is 1. The molecule has 0 radical (unpaired) electrons. The quantitative estimate of drug-likeness (QED) is 0.580. The number of rotatable bonds is 3. The maximum atomic E-state index is 10.6. The van der Waals surface area contributed by atoms with Crippen LogP contribution in [0.25, 0.3) is 0 Å². The van der Waals surface area contributed by atoms with Crippen molar-refractivity contribution in [2.75, 3.05) is 27.2 Å². The molecule has 1 heterocycles. The van der Waals surface area contributed by atoms with Crippen LogP contribution in [0.2, 0.25) is 0 Å². The van der Waals surface area contributed by atoms with E-state index in [4.69, 9.17) is 4.74 Å². The lowest BCUT2D eigenvalue weighted by molar-refractivity contribution is -0.120. The molecule has 0 saturated carbocycles. The predicted octanol–water partition coefficient (Wildman–Crippen LogP) is 0.542. The van der Waals surface area contributed by atoms with E-state index in [0.717, 1.165) is 32.2 Å². The second kappa shape index (κ2) is 4.58. The van der Waals surface area contributed by atoms with Crippen LogP contribution in [0.15, 0.2) is 0 Å². The number of methoxy groups -OCH3 is 1. The highest BCUT2D eigenvalue weighted by atomic mass is 16.5. The van der Waals surface area contributed by atoms with E-state index in [1.165, 1.54) is 0 Å². The van der Waals surface area contributed by atoms with Crippen LogP contribution >= 0.6 is 0 Å². The summed E-state index contributed by atoms with van der Waals surface area (Å²) in [4.78, 5) is 12.9. The monoisotopic (exact) mass is 171 g/mol. The molecule has 70 valence electrons. The van der Waals surface area contributed by atoms with E-state index in [9.17, 15) is 4.79 Å². The average molecular weight is 171 g/mol. The third-order valence-electron chi connectivity index (χ3n) is 2.63. The number of aldehydes is 1. The molecule has 0 aromatic heterocycles. The second-order valence-electron chi connectivity index (χ2n) is 3.48. The summed E-state index contributed by atoms with van der Waals surface area (Å²) < 4.78 is 5.09. The van der Waals surface area contributed by atoms with E-state index in [1.54, 1.807) is 7.11 Å². The number of carbonyl (C=O) groups excluding carboxylic acids is 1. The Hall–Kier alpha value is -0.410. The number of piperidine rings is 1. The fraction of sp³-hybridized carbons (Fsp3) is 0.889. The molecule has 1 fully saturated rings. The Kier molecular flexibility index (Phi) is 3.69. The van der Waals surface area contributed by atoms with Gasteiger partial charge >= 0.3 is 0 Å². The van der Waals surface area contributed by atoms with E-state index >= 15 is 0 Å². The summed E-state index contributed by atoms with van der Waals surface area (Å²) in [6.45, 7) is 2.16. The molecule has 0 aromatic carbocycles. The highest BCUT2D eigenvalue weighted by Gasteiger charge is 2.24. The summed E-state index contributed by atoms with van der Waals surface area (Å²) >= 11 is 0. The van der Waals surface area contributed by atoms with Crippen LogP contribution in [0.1, 0.15) is 12.8 Å². The van der Waals surface area contributed by atoms with E-state index in [0.29, 0.717) is 5.92 Å². The summed E-state index contributed by atoms with van der Waals surface area (Å²) in [5.41, 5.74) is 0. The fourth-order valence-corrected chi connectivity index (χ4v) is 1.72. The molecule has 12 heavy (non-hydrogen) atoms. The summed E-state index contributed by atoms with van der Waals surface area (Å²) in [5, 5.41) is 0. The van der Waals surface area contributed by atoms with E-state index < -0.39 is 0 Å². The molecule has 0 aromatic rings. The Balaban J connectivity index is 2.37. The molecule has 0 N–H and O–H groups in total. The van der Waals surface area contributed by atoms with Crippen molar-refractivity contribution in [2.24, 2.45) is 5.92 Å². The lowest BCUT2D eigenvalue weighted by Crippen LogP contribution is -2.36. The van der Waals surface area contributed by atoms with E-state index in [-0.39, 0.29) is 6.10 Å². The first-order valence-corrected chi connectivity index (χ1v) is 4.44. The van der Waals surface area contributed by atoms with Gasteiger partial charge in [-0.2, -0.15) is 0 Å². The standard InChI is InChI=1S/C9H17NO2/c1-10-5-3-8(4-6-10)9(7-11)12-2/h7-9H,3-6H2,1-2H3. The van der Waals surface area contributed by atoms with Crippen LogP contribution in [0.4, 0.5) is 0 Å². The van der Waals surface area contributed by atoms with Crippen molar-refractivity contribution in [1.82, 2.24) is 4.90 Å². The van der Waals surface area contributed by atoms with Gasteiger partial charge in [-0.05, 0) is 38.9 Å². The van der Waals surface area contributed by atoms with E-state index in [1.807, 2.05) is 0 Å². The maximum Gasteiger partial charge on any atom is 0.149 e. The molecule has 0 bridgehead atoms. The van der Waals surface area contributed by atoms with Crippen LogP contribution in [-0.2, 0) is 9.53 Å². The highest BCUT2D eigenvalue weighted by Crippen LogP contribution is 2.20. The number of ether oxygens (including phenoxy) is 1. The number of carbonyl (C=O) groups is 1. The van der Waals surface area contributed by atoms with Gasteiger partial charge in [0.25, 0.3) is 0 Å². The first-order chi connectivity index (χ1) is 5.77. The van der Waals surface area contributed by atoms with Crippen LogP contribution in [0.5, 0.6) is 0 Å². The minimum absolute atomic E-state index is 0.182. The van der Waals surface area contributed by atoms with Crippen LogP contribution in [0, 0.1) is 5.92 Å².